The Kier molecular flexibility index (Phi) is 5.26. The molecule has 2 atom stereocenters. The average molecular weight is 375 g/mol. The van der Waals surface area contributed by atoms with Gasteiger partial charge >= 0.3 is 0 Å². The van der Waals surface area contributed by atoms with Gasteiger partial charge in [-0.25, -0.2) is 0 Å². The lowest BCUT2D eigenvalue weighted by Crippen LogP contribution is -2.47. The number of piperidine rings is 1. The van der Waals surface area contributed by atoms with Crippen molar-refractivity contribution in [3.05, 3.63) is 66.4 Å². The van der Waals surface area contributed by atoms with Crippen molar-refractivity contribution in [3.63, 3.8) is 0 Å². The maximum absolute atomic E-state index is 13.1. The second kappa shape index (κ2) is 7.98. The van der Waals surface area contributed by atoms with Crippen molar-refractivity contribution in [1.82, 2.24) is 9.88 Å². The monoisotopic (exact) mass is 375 g/mol. The van der Waals surface area contributed by atoms with Crippen molar-refractivity contribution in [2.45, 2.75) is 25.8 Å². The minimum Gasteiger partial charge on any atom is -0.360 e. The molecule has 5 nitrogen and oxygen atoms in total. The van der Waals surface area contributed by atoms with Gasteiger partial charge in [0.2, 0.25) is 5.91 Å². The van der Waals surface area contributed by atoms with Crippen LogP contribution in [0.15, 0.2) is 60.8 Å². The number of rotatable bonds is 5. The summed E-state index contributed by atoms with van der Waals surface area (Å²) in [4.78, 5) is 31.1. The summed E-state index contributed by atoms with van der Waals surface area (Å²) < 4.78 is 0. The molecule has 1 saturated heterocycles. The van der Waals surface area contributed by atoms with Gasteiger partial charge in [0.1, 0.15) is 0 Å². The zero-order valence-corrected chi connectivity index (χ0v) is 16.0. The number of aromatic amines is 1. The van der Waals surface area contributed by atoms with Crippen LogP contribution in [0.5, 0.6) is 0 Å². The first-order chi connectivity index (χ1) is 13.6. The number of carbonyl (C=O) groups is 2. The highest BCUT2D eigenvalue weighted by Gasteiger charge is 2.31. The molecule has 0 aliphatic carbocycles. The van der Waals surface area contributed by atoms with Gasteiger partial charge in [0, 0.05) is 34.9 Å². The summed E-state index contributed by atoms with van der Waals surface area (Å²) in [6.45, 7) is 3.39. The van der Waals surface area contributed by atoms with Gasteiger partial charge < -0.3 is 10.3 Å². The van der Waals surface area contributed by atoms with Crippen LogP contribution in [0.25, 0.3) is 10.9 Å². The summed E-state index contributed by atoms with van der Waals surface area (Å²) in [6, 6.07) is 17.1. The second-order valence-corrected chi connectivity index (χ2v) is 7.48. The molecule has 0 radical (unpaired) electrons. The Balaban J connectivity index is 1.45. The highest BCUT2D eigenvalue weighted by molar-refractivity contribution is 6.10. The van der Waals surface area contributed by atoms with E-state index < -0.39 is 0 Å². The highest BCUT2D eigenvalue weighted by atomic mass is 16.2. The third-order valence-corrected chi connectivity index (χ3v) is 5.65. The van der Waals surface area contributed by atoms with Gasteiger partial charge in [0.25, 0.3) is 0 Å². The Morgan fingerprint density at radius 1 is 1.11 bits per heavy atom. The van der Waals surface area contributed by atoms with E-state index in [0.717, 1.165) is 41.5 Å². The minimum atomic E-state index is -0.258. The molecule has 2 aromatic carbocycles. The summed E-state index contributed by atoms with van der Waals surface area (Å²) in [7, 11) is 0. The third kappa shape index (κ3) is 3.71. The van der Waals surface area contributed by atoms with Crippen LogP contribution in [0.3, 0.4) is 0 Å². The Hall–Kier alpha value is -2.92. The van der Waals surface area contributed by atoms with Crippen molar-refractivity contribution < 1.29 is 9.59 Å². The number of carbonyl (C=O) groups excluding carboxylic acids is 2. The molecule has 0 unspecified atom stereocenters. The fourth-order valence-corrected chi connectivity index (χ4v) is 4.00. The molecule has 28 heavy (non-hydrogen) atoms. The number of nitrogens with one attached hydrogen (secondary N) is 2. The standard InChI is InChI=1S/C23H25N3O2/c1-16(22(27)20-14-24-21-12-6-5-11-19(20)21)26-13-7-8-17(15-26)23(28)25-18-9-3-2-4-10-18/h2-6,9-12,14,16-17,24H,7-8,13,15H2,1H3,(H,25,28)/t16-,17+/m1/s1. The van der Waals surface area contributed by atoms with Gasteiger partial charge in [0.15, 0.2) is 5.78 Å². The highest BCUT2D eigenvalue weighted by Crippen LogP contribution is 2.24. The van der Waals surface area contributed by atoms with Crippen LogP contribution >= 0.6 is 0 Å². The number of ketones is 1. The summed E-state index contributed by atoms with van der Waals surface area (Å²) >= 11 is 0. The molecule has 2 N–H and O–H groups in total. The van der Waals surface area contributed by atoms with Crippen molar-refractivity contribution in [2.75, 3.05) is 18.4 Å². The topological polar surface area (TPSA) is 65.2 Å². The quantitative estimate of drug-likeness (QED) is 0.660. The minimum absolute atomic E-state index is 0.0302. The molecule has 1 fully saturated rings. The molecule has 0 bridgehead atoms. The van der Waals surface area contributed by atoms with Crippen molar-refractivity contribution in [2.24, 2.45) is 5.92 Å². The summed E-state index contributed by atoms with van der Waals surface area (Å²) in [5, 5.41) is 3.95. The number of aromatic nitrogens is 1. The van der Waals surface area contributed by atoms with Crippen LogP contribution in [0.1, 0.15) is 30.1 Å². The van der Waals surface area contributed by atoms with Crippen LogP contribution in [0.2, 0.25) is 0 Å². The predicted octanol–water partition coefficient (Wildman–Crippen LogP) is 4.09. The zero-order valence-electron chi connectivity index (χ0n) is 16.0. The van der Waals surface area contributed by atoms with E-state index in [9.17, 15) is 9.59 Å². The van der Waals surface area contributed by atoms with E-state index >= 15 is 0 Å². The number of amides is 1. The van der Waals surface area contributed by atoms with Gasteiger partial charge in [-0.1, -0.05) is 36.4 Å². The number of hydrogen-bond acceptors (Lipinski definition) is 3. The maximum atomic E-state index is 13.1. The second-order valence-electron chi connectivity index (χ2n) is 7.48. The van der Waals surface area contributed by atoms with E-state index in [-0.39, 0.29) is 23.7 Å². The molecule has 3 aromatic rings. The predicted molar refractivity (Wildman–Crippen MR) is 111 cm³/mol. The first-order valence-corrected chi connectivity index (χ1v) is 9.84. The number of likely N-dealkylation sites (tertiary alicyclic amines) is 1. The number of benzene rings is 2. The number of anilines is 1. The summed E-state index contributed by atoms with van der Waals surface area (Å²) in [5.41, 5.74) is 2.50. The van der Waals surface area contributed by atoms with Gasteiger partial charge in [-0.3, -0.25) is 14.5 Å². The van der Waals surface area contributed by atoms with E-state index in [0.29, 0.717) is 6.54 Å². The van der Waals surface area contributed by atoms with Gasteiger partial charge in [0.05, 0.1) is 12.0 Å². The lowest BCUT2D eigenvalue weighted by Gasteiger charge is -2.35. The first kappa shape index (κ1) is 18.4. The molecule has 0 spiro atoms. The van der Waals surface area contributed by atoms with Crippen LogP contribution in [0.4, 0.5) is 5.69 Å². The fraction of sp³-hybridized carbons (Fsp3) is 0.304. The van der Waals surface area contributed by atoms with Crippen LogP contribution in [0, 0.1) is 5.92 Å². The molecular weight excluding hydrogens is 350 g/mol. The van der Waals surface area contributed by atoms with E-state index in [1.165, 1.54) is 0 Å². The number of para-hydroxylation sites is 2. The molecule has 2 heterocycles. The van der Waals surface area contributed by atoms with Crippen LogP contribution < -0.4 is 5.32 Å². The molecule has 4 rings (SSSR count). The maximum Gasteiger partial charge on any atom is 0.228 e. The number of Topliss-reactive ketones (excluding diaryl/α,β-unsaturated/α-hetero) is 1. The zero-order chi connectivity index (χ0) is 19.5. The molecule has 144 valence electrons. The Labute approximate surface area is 164 Å². The number of fused-ring (bicyclic) bond motifs is 1. The third-order valence-electron chi connectivity index (χ3n) is 5.65. The largest absolute Gasteiger partial charge is 0.360 e. The molecule has 1 aromatic heterocycles. The number of H-pyrrole nitrogens is 1. The molecular formula is C23H25N3O2. The van der Waals surface area contributed by atoms with Gasteiger partial charge in [-0.05, 0) is 44.5 Å². The van der Waals surface area contributed by atoms with E-state index in [4.69, 9.17) is 0 Å². The summed E-state index contributed by atoms with van der Waals surface area (Å²) in [5.74, 6) is 0.0244. The summed E-state index contributed by atoms with van der Waals surface area (Å²) in [6.07, 6.45) is 3.56. The van der Waals surface area contributed by atoms with Crippen molar-refractivity contribution in [1.29, 1.82) is 0 Å². The van der Waals surface area contributed by atoms with Crippen molar-refractivity contribution in [3.8, 4) is 0 Å². The Bertz CT molecular complexity index is 980. The Morgan fingerprint density at radius 2 is 1.86 bits per heavy atom. The van der Waals surface area contributed by atoms with Gasteiger partial charge in [-0.15, -0.1) is 0 Å². The normalized spacial score (nSPS) is 18.7. The average Bonchev–Trinajstić information content (AvgIpc) is 3.17. The first-order valence-electron chi connectivity index (χ1n) is 9.84. The molecule has 5 heteroatoms. The van der Waals surface area contributed by atoms with Crippen molar-refractivity contribution >= 4 is 28.3 Å². The van der Waals surface area contributed by atoms with E-state index in [1.54, 1.807) is 6.20 Å². The fourth-order valence-electron chi connectivity index (χ4n) is 4.00. The molecule has 1 amide bonds. The van der Waals surface area contributed by atoms with Gasteiger partial charge in [-0.2, -0.15) is 0 Å². The SMILES string of the molecule is C[C@H](C(=O)c1c[nH]c2ccccc12)N1CCC[C@H](C(=O)Nc2ccccc2)C1. The number of hydrogen-bond donors (Lipinski definition) is 2. The molecule has 1 aliphatic heterocycles. The van der Waals surface area contributed by atoms with E-state index in [2.05, 4.69) is 15.2 Å². The molecule has 1 aliphatic rings. The molecule has 0 saturated carbocycles. The Morgan fingerprint density at radius 3 is 2.68 bits per heavy atom. The lowest BCUT2D eigenvalue weighted by atomic mass is 9.94. The van der Waals surface area contributed by atoms with Crippen LogP contribution in [-0.2, 0) is 4.79 Å². The number of nitrogens with zero attached hydrogens (tertiary/aromatic N) is 1. The van der Waals surface area contributed by atoms with Crippen LogP contribution in [-0.4, -0.2) is 40.7 Å². The smallest absolute Gasteiger partial charge is 0.228 e. The lowest BCUT2D eigenvalue weighted by molar-refractivity contribution is -0.121. The van der Waals surface area contributed by atoms with E-state index in [1.807, 2.05) is 61.5 Å².